The fourth-order valence-electron chi connectivity index (χ4n) is 4.24. The van der Waals surface area contributed by atoms with Crippen LogP contribution in [0.15, 0.2) is 28.8 Å². The number of morpholine rings is 1. The molecule has 2 saturated heterocycles. The van der Waals surface area contributed by atoms with Gasteiger partial charge in [-0.15, -0.1) is 0 Å². The van der Waals surface area contributed by atoms with Crippen molar-refractivity contribution in [2.24, 2.45) is 0 Å². The van der Waals surface area contributed by atoms with Crippen molar-refractivity contribution in [3.63, 3.8) is 0 Å². The van der Waals surface area contributed by atoms with E-state index >= 15 is 0 Å². The van der Waals surface area contributed by atoms with Crippen molar-refractivity contribution in [2.45, 2.75) is 24.4 Å². The fourth-order valence-corrected chi connectivity index (χ4v) is 4.24. The minimum Gasteiger partial charge on any atom is -0.459 e. The average molecular weight is 484 g/mol. The first-order chi connectivity index (χ1) is 16.3. The van der Waals surface area contributed by atoms with E-state index in [0.29, 0.717) is 63.9 Å². The summed E-state index contributed by atoms with van der Waals surface area (Å²) in [7, 11) is 1.55. The van der Waals surface area contributed by atoms with E-state index in [1.165, 1.54) is 12.1 Å². The number of likely N-dealkylation sites (tertiary alicyclic amines) is 1. The van der Waals surface area contributed by atoms with Crippen molar-refractivity contribution in [3.8, 4) is 6.01 Å². The standard InChI is InChI=1S/C22H27F3N4O5/c1-31-10-11-33-20-26-19(34-27-20)17-12-16(15-2-4-18(5-3-15)22(23,24)25)13-29(14-17)21(30)28-6-8-32-9-7-28/h2-5,16-17H,6-14H2,1H3. The molecular weight excluding hydrogens is 457 g/mol. The van der Waals surface area contributed by atoms with Crippen molar-refractivity contribution in [1.82, 2.24) is 19.9 Å². The zero-order valence-corrected chi connectivity index (χ0v) is 18.8. The van der Waals surface area contributed by atoms with Gasteiger partial charge in [-0.3, -0.25) is 0 Å². The summed E-state index contributed by atoms with van der Waals surface area (Å²) >= 11 is 0. The Morgan fingerprint density at radius 1 is 1.09 bits per heavy atom. The lowest BCUT2D eigenvalue weighted by molar-refractivity contribution is -0.137. The van der Waals surface area contributed by atoms with Crippen LogP contribution in [0.5, 0.6) is 6.01 Å². The quantitative estimate of drug-likeness (QED) is 0.582. The van der Waals surface area contributed by atoms with Crippen molar-refractivity contribution in [1.29, 1.82) is 0 Å². The topological polar surface area (TPSA) is 90.2 Å². The van der Waals surface area contributed by atoms with Crippen LogP contribution in [0.25, 0.3) is 0 Å². The molecule has 0 radical (unpaired) electrons. The molecule has 186 valence electrons. The molecule has 0 saturated carbocycles. The van der Waals surface area contributed by atoms with Crippen LogP contribution in [0.3, 0.4) is 0 Å². The number of piperidine rings is 1. The molecule has 2 atom stereocenters. The average Bonchev–Trinajstić information content (AvgIpc) is 3.33. The summed E-state index contributed by atoms with van der Waals surface area (Å²) in [4.78, 5) is 21.0. The molecule has 9 nitrogen and oxygen atoms in total. The summed E-state index contributed by atoms with van der Waals surface area (Å²) in [6.45, 7) is 3.28. The molecule has 0 aliphatic carbocycles. The van der Waals surface area contributed by atoms with E-state index in [9.17, 15) is 18.0 Å². The highest BCUT2D eigenvalue weighted by Gasteiger charge is 2.37. The van der Waals surface area contributed by atoms with Gasteiger partial charge in [0.2, 0.25) is 5.89 Å². The van der Waals surface area contributed by atoms with Gasteiger partial charge < -0.3 is 28.5 Å². The molecule has 2 aliphatic heterocycles. The van der Waals surface area contributed by atoms with Crippen LogP contribution in [0.1, 0.15) is 35.3 Å². The van der Waals surface area contributed by atoms with Crippen LogP contribution in [0.4, 0.5) is 18.0 Å². The molecular formula is C22H27F3N4O5. The smallest absolute Gasteiger partial charge is 0.416 e. The van der Waals surface area contributed by atoms with Gasteiger partial charge in [0.25, 0.3) is 0 Å². The number of hydrogen-bond acceptors (Lipinski definition) is 7. The SMILES string of the molecule is COCCOc1noc(C2CC(c3ccc(C(F)(F)F)cc3)CN(C(=O)N3CCOCC3)C2)n1. The second kappa shape index (κ2) is 10.6. The molecule has 4 rings (SSSR count). The van der Waals surface area contributed by atoms with E-state index in [0.717, 1.165) is 12.1 Å². The Kier molecular flexibility index (Phi) is 7.57. The Labute approximate surface area is 194 Å². The third-order valence-electron chi connectivity index (χ3n) is 6.00. The number of ether oxygens (including phenoxy) is 3. The van der Waals surface area contributed by atoms with E-state index in [1.807, 2.05) is 0 Å². The first-order valence-electron chi connectivity index (χ1n) is 11.1. The van der Waals surface area contributed by atoms with Gasteiger partial charge in [-0.1, -0.05) is 12.1 Å². The number of urea groups is 1. The van der Waals surface area contributed by atoms with Gasteiger partial charge in [0.1, 0.15) is 6.61 Å². The number of methoxy groups -OCH3 is 1. The molecule has 3 heterocycles. The summed E-state index contributed by atoms with van der Waals surface area (Å²) in [5.41, 5.74) is 0.00756. The number of benzene rings is 1. The Hall–Kier alpha value is -2.86. The Morgan fingerprint density at radius 2 is 1.79 bits per heavy atom. The van der Waals surface area contributed by atoms with E-state index < -0.39 is 11.7 Å². The summed E-state index contributed by atoms with van der Waals surface area (Å²) in [6, 6.07) is 5.03. The molecule has 2 fully saturated rings. The molecule has 2 unspecified atom stereocenters. The molecule has 2 aromatic rings. The maximum Gasteiger partial charge on any atom is 0.416 e. The van der Waals surface area contributed by atoms with Crippen LogP contribution < -0.4 is 4.74 Å². The Bertz CT molecular complexity index is 947. The lowest BCUT2D eigenvalue weighted by Crippen LogP contribution is -2.52. The summed E-state index contributed by atoms with van der Waals surface area (Å²) in [5, 5.41) is 3.84. The molecule has 12 heteroatoms. The van der Waals surface area contributed by atoms with Crippen molar-refractivity contribution in [3.05, 3.63) is 41.3 Å². The number of rotatable bonds is 6. The van der Waals surface area contributed by atoms with Crippen LogP contribution in [-0.2, 0) is 15.7 Å². The first kappa shape index (κ1) is 24.3. The minimum absolute atomic E-state index is 0.0785. The third kappa shape index (κ3) is 5.79. The van der Waals surface area contributed by atoms with Gasteiger partial charge in [-0.2, -0.15) is 18.2 Å². The summed E-state index contributed by atoms with van der Waals surface area (Å²) < 4.78 is 60.1. The van der Waals surface area contributed by atoms with Crippen molar-refractivity contribution < 1.29 is 36.7 Å². The summed E-state index contributed by atoms with van der Waals surface area (Å²) in [6.07, 6.45) is -3.87. The van der Waals surface area contributed by atoms with Crippen molar-refractivity contribution >= 4 is 6.03 Å². The second-order valence-corrected chi connectivity index (χ2v) is 8.29. The second-order valence-electron chi connectivity index (χ2n) is 8.29. The lowest BCUT2D eigenvalue weighted by Gasteiger charge is -2.40. The normalized spacial score (nSPS) is 21.5. The maximum atomic E-state index is 13.2. The van der Waals surface area contributed by atoms with E-state index in [4.69, 9.17) is 18.7 Å². The van der Waals surface area contributed by atoms with Gasteiger partial charge in [0.05, 0.1) is 31.3 Å². The fraction of sp³-hybridized carbons (Fsp3) is 0.591. The van der Waals surface area contributed by atoms with Gasteiger partial charge >= 0.3 is 18.2 Å². The predicted octanol–water partition coefficient (Wildman–Crippen LogP) is 3.14. The Morgan fingerprint density at radius 3 is 2.47 bits per heavy atom. The van der Waals surface area contributed by atoms with Gasteiger partial charge in [-0.05, 0) is 29.3 Å². The molecule has 0 spiro atoms. The first-order valence-corrected chi connectivity index (χ1v) is 11.1. The highest BCUT2D eigenvalue weighted by Crippen LogP contribution is 2.37. The van der Waals surface area contributed by atoms with E-state index in [-0.39, 0.29) is 30.5 Å². The Balaban J connectivity index is 1.54. The molecule has 34 heavy (non-hydrogen) atoms. The third-order valence-corrected chi connectivity index (χ3v) is 6.00. The molecule has 2 aliphatic rings. The lowest BCUT2D eigenvalue weighted by atomic mass is 9.84. The number of nitrogens with zero attached hydrogens (tertiary/aromatic N) is 4. The van der Waals surface area contributed by atoms with E-state index in [1.54, 1.807) is 16.9 Å². The van der Waals surface area contributed by atoms with E-state index in [2.05, 4.69) is 10.1 Å². The van der Waals surface area contributed by atoms with Gasteiger partial charge in [-0.25, -0.2) is 4.79 Å². The number of amides is 2. The highest BCUT2D eigenvalue weighted by molar-refractivity contribution is 5.75. The van der Waals surface area contributed by atoms with Crippen LogP contribution in [0.2, 0.25) is 0 Å². The number of hydrogen-bond donors (Lipinski definition) is 0. The maximum absolute atomic E-state index is 13.2. The molecule has 1 aromatic heterocycles. The highest BCUT2D eigenvalue weighted by atomic mass is 19.4. The zero-order chi connectivity index (χ0) is 24.1. The van der Waals surface area contributed by atoms with Crippen molar-refractivity contribution in [2.75, 3.05) is 59.7 Å². The molecule has 2 amide bonds. The number of halogens is 3. The van der Waals surface area contributed by atoms with Crippen LogP contribution >= 0.6 is 0 Å². The number of carbonyl (C=O) groups is 1. The molecule has 0 N–H and O–H groups in total. The largest absolute Gasteiger partial charge is 0.459 e. The summed E-state index contributed by atoms with van der Waals surface area (Å²) in [5.74, 6) is -0.169. The van der Waals surface area contributed by atoms with Crippen LogP contribution in [0, 0.1) is 0 Å². The van der Waals surface area contributed by atoms with Crippen LogP contribution in [-0.4, -0.2) is 85.7 Å². The number of alkyl halides is 3. The van der Waals surface area contributed by atoms with Gasteiger partial charge in [0, 0.05) is 39.2 Å². The molecule has 0 bridgehead atoms. The zero-order valence-electron chi connectivity index (χ0n) is 18.8. The van der Waals surface area contributed by atoms with Gasteiger partial charge in [0.15, 0.2) is 0 Å². The molecule has 1 aromatic carbocycles. The number of carbonyl (C=O) groups excluding carboxylic acids is 1. The minimum atomic E-state index is -4.41. The number of aromatic nitrogens is 2. The monoisotopic (exact) mass is 484 g/mol. The predicted molar refractivity (Wildman–Crippen MR) is 113 cm³/mol.